The Morgan fingerprint density at radius 2 is 1.18 bits per heavy atom. The molecule has 0 bridgehead atoms. The molecule has 0 unspecified atom stereocenters. The van der Waals surface area contributed by atoms with Gasteiger partial charge in [-0.1, -0.05) is 91.0 Å². The van der Waals surface area contributed by atoms with E-state index in [-0.39, 0.29) is 0 Å². The van der Waals surface area contributed by atoms with E-state index in [0.717, 1.165) is 55.7 Å². The van der Waals surface area contributed by atoms with Gasteiger partial charge in [0.05, 0.1) is 5.69 Å². The third kappa shape index (κ3) is 4.08. The first-order valence-corrected chi connectivity index (χ1v) is 17.5. The number of hydrogen-bond donors (Lipinski definition) is 0. The van der Waals surface area contributed by atoms with Crippen LogP contribution >= 0.6 is 11.3 Å². The van der Waals surface area contributed by atoms with Crippen LogP contribution in [0.25, 0.3) is 86.2 Å². The predicted molar refractivity (Wildman–Crippen MR) is 209 cm³/mol. The van der Waals surface area contributed by atoms with Gasteiger partial charge >= 0.3 is 0 Å². The van der Waals surface area contributed by atoms with Gasteiger partial charge in [-0.25, -0.2) is 4.98 Å². The van der Waals surface area contributed by atoms with E-state index < -0.39 is 0 Å². The summed E-state index contributed by atoms with van der Waals surface area (Å²) in [6.45, 7) is 0. The Morgan fingerprint density at radius 1 is 0.460 bits per heavy atom. The number of benzene rings is 8. The second-order valence-corrected chi connectivity index (χ2v) is 13.8. The zero-order chi connectivity index (χ0) is 32.8. The van der Waals surface area contributed by atoms with Gasteiger partial charge in [0.1, 0.15) is 16.7 Å². The number of oxazole rings is 1. The molecule has 0 fully saturated rings. The normalized spacial score (nSPS) is 12.0. The molecule has 5 heteroatoms. The first kappa shape index (κ1) is 27.5. The maximum Gasteiger partial charge on any atom is 0.228 e. The summed E-state index contributed by atoms with van der Waals surface area (Å²) in [5, 5.41) is 9.55. The summed E-state index contributed by atoms with van der Waals surface area (Å²) in [5.41, 5.74) is 7.34. The summed E-state index contributed by atoms with van der Waals surface area (Å²) >= 11 is 1.85. The van der Waals surface area contributed by atoms with E-state index in [1.54, 1.807) is 0 Å². The SMILES string of the molecule is c1ccc2c(N(c3ccc4c(c3)oc3cccc(-c5nc6ccccc6o5)c34)c3ccc4c(c3)sc3ccc5ccccc5c34)cccc2c1. The van der Waals surface area contributed by atoms with Crippen LogP contribution < -0.4 is 4.90 Å². The van der Waals surface area contributed by atoms with E-state index in [2.05, 4.69) is 126 Å². The lowest BCUT2D eigenvalue weighted by Gasteiger charge is -2.27. The van der Waals surface area contributed by atoms with Crippen LogP contribution in [0.3, 0.4) is 0 Å². The monoisotopic (exact) mass is 658 g/mol. The molecule has 11 rings (SSSR count). The van der Waals surface area contributed by atoms with Crippen LogP contribution in [0.4, 0.5) is 17.1 Å². The highest BCUT2D eigenvalue weighted by atomic mass is 32.1. The maximum absolute atomic E-state index is 6.60. The van der Waals surface area contributed by atoms with E-state index in [4.69, 9.17) is 13.8 Å². The Morgan fingerprint density at radius 3 is 2.08 bits per heavy atom. The fraction of sp³-hybridized carbons (Fsp3) is 0. The minimum Gasteiger partial charge on any atom is -0.456 e. The Hall–Kier alpha value is -6.43. The van der Waals surface area contributed by atoms with E-state index in [0.29, 0.717) is 5.89 Å². The first-order chi connectivity index (χ1) is 24.8. The largest absolute Gasteiger partial charge is 0.456 e. The molecule has 0 aliphatic carbocycles. The van der Waals surface area contributed by atoms with Gasteiger partial charge in [-0.15, -0.1) is 11.3 Å². The number of nitrogens with zero attached hydrogens (tertiary/aromatic N) is 2. The van der Waals surface area contributed by atoms with Crippen LogP contribution in [0, 0.1) is 0 Å². The quantitative estimate of drug-likeness (QED) is 0.189. The number of aromatic nitrogens is 1. The summed E-state index contributed by atoms with van der Waals surface area (Å²) in [7, 11) is 0. The summed E-state index contributed by atoms with van der Waals surface area (Å²) in [4.78, 5) is 7.17. The summed E-state index contributed by atoms with van der Waals surface area (Å²) < 4.78 is 15.4. The number of thiophene rings is 1. The van der Waals surface area contributed by atoms with E-state index >= 15 is 0 Å². The van der Waals surface area contributed by atoms with Crippen molar-refractivity contribution in [1.29, 1.82) is 0 Å². The average molecular weight is 659 g/mol. The molecule has 3 aromatic heterocycles. The Balaban J connectivity index is 1.13. The molecule has 0 spiro atoms. The van der Waals surface area contributed by atoms with Crippen molar-refractivity contribution in [3.05, 3.63) is 158 Å². The van der Waals surface area contributed by atoms with Crippen molar-refractivity contribution in [2.75, 3.05) is 4.90 Å². The van der Waals surface area contributed by atoms with Gasteiger partial charge in [0.15, 0.2) is 5.58 Å². The molecule has 0 amide bonds. The summed E-state index contributed by atoms with van der Waals surface area (Å²) in [6, 6.07) is 55.6. The van der Waals surface area contributed by atoms with E-state index in [1.165, 1.54) is 41.7 Å². The van der Waals surface area contributed by atoms with Crippen LogP contribution in [-0.2, 0) is 0 Å². The third-order valence-corrected chi connectivity index (χ3v) is 11.0. The minimum atomic E-state index is 0.588. The fourth-order valence-corrected chi connectivity index (χ4v) is 8.78. The van der Waals surface area contributed by atoms with Crippen molar-refractivity contribution in [1.82, 2.24) is 4.98 Å². The topological polar surface area (TPSA) is 42.4 Å². The number of anilines is 3. The number of fused-ring (bicyclic) bond motifs is 10. The van der Waals surface area contributed by atoms with Crippen LogP contribution in [0.2, 0.25) is 0 Å². The number of para-hydroxylation sites is 2. The average Bonchev–Trinajstić information content (AvgIpc) is 3.88. The fourth-order valence-electron chi connectivity index (χ4n) is 7.62. The zero-order valence-corrected chi connectivity index (χ0v) is 27.4. The molecule has 0 saturated heterocycles. The van der Waals surface area contributed by atoms with Crippen molar-refractivity contribution in [3.8, 4) is 11.5 Å². The van der Waals surface area contributed by atoms with Gasteiger partial charge < -0.3 is 13.7 Å². The van der Waals surface area contributed by atoms with Crippen LogP contribution in [0.5, 0.6) is 0 Å². The molecule has 0 aliphatic heterocycles. The van der Waals surface area contributed by atoms with Gasteiger partial charge in [0.25, 0.3) is 0 Å². The molecule has 0 aliphatic rings. The third-order valence-electron chi connectivity index (χ3n) is 9.87. The second kappa shape index (κ2) is 10.5. The van der Waals surface area contributed by atoms with Crippen molar-refractivity contribution >= 4 is 103 Å². The lowest BCUT2D eigenvalue weighted by atomic mass is 10.0. The standard InChI is InChI=1S/C45H26N2O2S/c1-3-12-31-27(9-1)11-7-16-37(31)47(30-21-23-34-42(26-30)50-41-24-19-28-10-2-4-13-32(28)44(34)41)29-20-22-33-40(25-29)48-39-18-8-14-35(43(33)39)45-46-36-15-5-6-17-38(36)49-45/h1-26H. The van der Waals surface area contributed by atoms with E-state index in [9.17, 15) is 0 Å². The smallest absolute Gasteiger partial charge is 0.228 e. The first-order valence-electron chi connectivity index (χ1n) is 16.7. The van der Waals surface area contributed by atoms with Gasteiger partial charge in [-0.2, -0.15) is 0 Å². The molecular weight excluding hydrogens is 633 g/mol. The molecule has 0 radical (unpaired) electrons. The van der Waals surface area contributed by atoms with E-state index in [1.807, 2.05) is 47.7 Å². The number of rotatable bonds is 4. The second-order valence-electron chi connectivity index (χ2n) is 12.7. The molecule has 11 aromatic rings. The Labute approximate surface area is 290 Å². The number of hydrogen-bond acceptors (Lipinski definition) is 5. The lowest BCUT2D eigenvalue weighted by molar-refractivity contribution is 0.620. The maximum atomic E-state index is 6.60. The summed E-state index contributed by atoms with van der Waals surface area (Å²) in [6.07, 6.45) is 0. The Bertz CT molecular complexity index is 3090. The van der Waals surface area contributed by atoms with Crippen molar-refractivity contribution < 1.29 is 8.83 Å². The molecule has 0 N–H and O–H groups in total. The molecule has 3 heterocycles. The minimum absolute atomic E-state index is 0.588. The molecule has 4 nitrogen and oxygen atoms in total. The van der Waals surface area contributed by atoms with Crippen LogP contribution in [0.15, 0.2) is 167 Å². The predicted octanol–water partition coefficient (Wildman–Crippen LogP) is 13.5. The highest BCUT2D eigenvalue weighted by Gasteiger charge is 2.21. The van der Waals surface area contributed by atoms with Gasteiger partial charge in [0, 0.05) is 59.3 Å². The zero-order valence-electron chi connectivity index (χ0n) is 26.6. The van der Waals surface area contributed by atoms with Crippen LogP contribution in [0.1, 0.15) is 0 Å². The molecule has 0 saturated carbocycles. The lowest BCUT2D eigenvalue weighted by Crippen LogP contribution is -2.10. The number of furan rings is 1. The molecule has 8 aromatic carbocycles. The van der Waals surface area contributed by atoms with Gasteiger partial charge in [0.2, 0.25) is 5.89 Å². The van der Waals surface area contributed by atoms with Gasteiger partial charge in [-0.3, -0.25) is 0 Å². The molecule has 0 atom stereocenters. The highest BCUT2D eigenvalue weighted by Crippen LogP contribution is 2.46. The molecule has 234 valence electrons. The van der Waals surface area contributed by atoms with Crippen molar-refractivity contribution in [2.45, 2.75) is 0 Å². The van der Waals surface area contributed by atoms with Crippen molar-refractivity contribution in [2.24, 2.45) is 0 Å². The Kier molecular flexibility index (Phi) is 5.80. The summed E-state index contributed by atoms with van der Waals surface area (Å²) in [5.74, 6) is 0.588. The van der Waals surface area contributed by atoms with Crippen molar-refractivity contribution in [3.63, 3.8) is 0 Å². The van der Waals surface area contributed by atoms with Crippen LogP contribution in [-0.4, -0.2) is 4.98 Å². The molecule has 50 heavy (non-hydrogen) atoms. The van der Waals surface area contributed by atoms with Gasteiger partial charge in [-0.05, 0) is 76.8 Å². The highest BCUT2D eigenvalue weighted by molar-refractivity contribution is 7.26. The molecular formula is C45H26N2O2S.